The summed E-state index contributed by atoms with van der Waals surface area (Å²) in [7, 11) is -9.88. The summed E-state index contributed by atoms with van der Waals surface area (Å²) in [5.74, 6) is -1.44. The number of rotatable bonds is 67. The van der Waals surface area contributed by atoms with E-state index in [1.807, 2.05) is 0 Å². The molecule has 0 radical (unpaired) electrons. The Balaban J connectivity index is 5.16. The Bertz CT molecular complexity index is 1670. The van der Waals surface area contributed by atoms with Crippen molar-refractivity contribution in [3.05, 3.63) is 0 Å². The number of carbonyl (C=O) groups is 4. The number of aliphatic hydroxyl groups is 1. The first-order chi connectivity index (χ1) is 41.5. The third-order valence-electron chi connectivity index (χ3n) is 15.5. The summed E-state index contributed by atoms with van der Waals surface area (Å²) in [6.07, 6.45) is 46.3. The van der Waals surface area contributed by atoms with Gasteiger partial charge in [0.2, 0.25) is 0 Å². The molecule has 3 N–H and O–H groups in total. The Morgan fingerprint density at radius 2 is 0.535 bits per heavy atom. The quantitative estimate of drug-likeness (QED) is 0.0222. The second-order valence-corrected chi connectivity index (χ2v) is 27.6. The molecule has 0 amide bonds. The van der Waals surface area contributed by atoms with Crippen molar-refractivity contribution in [1.82, 2.24) is 0 Å². The van der Waals surface area contributed by atoms with Crippen LogP contribution in [-0.4, -0.2) is 96.7 Å². The lowest BCUT2D eigenvalue weighted by Crippen LogP contribution is -2.30. The lowest BCUT2D eigenvalue weighted by molar-refractivity contribution is -0.161. The molecular formula is C67H130O17P2. The molecule has 0 aromatic rings. The van der Waals surface area contributed by atoms with Crippen LogP contribution in [0.5, 0.6) is 0 Å². The molecular weight excluding hydrogens is 1140 g/mol. The highest BCUT2D eigenvalue weighted by atomic mass is 31.2. The number of hydrogen-bond acceptors (Lipinski definition) is 15. The highest BCUT2D eigenvalue weighted by Crippen LogP contribution is 2.45. The summed E-state index contributed by atoms with van der Waals surface area (Å²) in [6.45, 7) is 7.07. The summed E-state index contributed by atoms with van der Waals surface area (Å²) < 4.78 is 67.9. The van der Waals surface area contributed by atoms with Gasteiger partial charge in [0.25, 0.3) is 0 Å². The smallest absolute Gasteiger partial charge is 0.462 e. The Morgan fingerprint density at radius 3 is 0.791 bits per heavy atom. The second-order valence-electron chi connectivity index (χ2n) is 24.7. The topological polar surface area (TPSA) is 237 Å². The van der Waals surface area contributed by atoms with Gasteiger partial charge in [0.1, 0.15) is 19.3 Å². The molecule has 86 heavy (non-hydrogen) atoms. The zero-order chi connectivity index (χ0) is 63.5. The van der Waals surface area contributed by atoms with Gasteiger partial charge >= 0.3 is 39.5 Å². The van der Waals surface area contributed by atoms with Gasteiger partial charge in [-0.25, -0.2) is 9.13 Å². The van der Waals surface area contributed by atoms with Crippen LogP contribution in [0.4, 0.5) is 0 Å². The highest BCUT2D eigenvalue weighted by Gasteiger charge is 2.30. The predicted molar refractivity (Wildman–Crippen MR) is 345 cm³/mol. The Kier molecular flexibility index (Phi) is 59.2. The fraction of sp³-hybridized carbons (Fsp3) is 0.940. The molecule has 0 aliphatic carbocycles. The summed E-state index contributed by atoms with van der Waals surface area (Å²) in [5.41, 5.74) is 0. The van der Waals surface area contributed by atoms with E-state index in [1.54, 1.807) is 0 Å². The number of unbranched alkanes of at least 4 members (excludes halogenated alkanes) is 39. The van der Waals surface area contributed by atoms with Crippen molar-refractivity contribution < 1.29 is 80.2 Å². The minimum Gasteiger partial charge on any atom is -0.462 e. The van der Waals surface area contributed by atoms with Crippen molar-refractivity contribution in [1.29, 1.82) is 0 Å². The lowest BCUT2D eigenvalue weighted by Gasteiger charge is -2.21. The average Bonchev–Trinajstić information content (AvgIpc) is 3.64. The van der Waals surface area contributed by atoms with Crippen LogP contribution < -0.4 is 0 Å². The number of esters is 4. The number of phosphoric acid groups is 2. The normalized spacial score (nSPS) is 14.2. The summed E-state index contributed by atoms with van der Waals surface area (Å²) in [4.78, 5) is 72.1. The molecule has 0 aliphatic rings. The van der Waals surface area contributed by atoms with Crippen LogP contribution in [0.2, 0.25) is 0 Å². The number of aliphatic hydroxyl groups excluding tert-OH is 1. The van der Waals surface area contributed by atoms with Gasteiger partial charge in [-0.2, -0.15) is 0 Å². The molecule has 0 saturated heterocycles. The zero-order valence-corrected chi connectivity index (χ0v) is 57.2. The Labute approximate surface area is 524 Å². The second kappa shape index (κ2) is 60.6. The Hall–Kier alpha value is -1.94. The van der Waals surface area contributed by atoms with E-state index in [-0.39, 0.29) is 25.7 Å². The molecule has 0 fully saturated rings. The van der Waals surface area contributed by atoms with E-state index >= 15 is 0 Å². The van der Waals surface area contributed by atoms with Gasteiger partial charge in [0.15, 0.2) is 12.2 Å². The number of phosphoric ester groups is 2. The molecule has 0 aliphatic heterocycles. The minimum atomic E-state index is -4.95. The maximum atomic E-state index is 13.0. The first-order valence-corrected chi connectivity index (χ1v) is 38.1. The van der Waals surface area contributed by atoms with Gasteiger partial charge in [0, 0.05) is 25.7 Å². The highest BCUT2D eigenvalue weighted by molar-refractivity contribution is 7.47. The van der Waals surface area contributed by atoms with Gasteiger partial charge in [-0.05, 0) is 31.6 Å². The number of hydrogen-bond donors (Lipinski definition) is 3. The van der Waals surface area contributed by atoms with Crippen molar-refractivity contribution in [2.75, 3.05) is 39.6 Å². The largest absolute Gasteiger partial charge is 0.472 e. The molecule has 5 atom stereocenters. The van der Waals surface area contributed by atoms with Crippen LogP contribution in [0.25, 0.3) is 0 Å². The molecule has 0 saturated carbocycles. The van der Waals surface area contributed by atoms with Crippen LogP contribution in [0.3, 0.4) is 0 Å². The number of carbonyl (C=O) groups excluding carboxylic acids is 4. The first-order valence-electron chi connectivity index (χ1n) is 35.1. The maximum absolute atomic E-state index is 13.0. The minimum absolute atomic E-state index is 0.103. The monoisotopic (exact) mass is 1270 g/mol. The third kappa shape index (κ3) is 60.9. The molecule has 0 heterocycles. The van der Waals surface area contributed by atoms with Gasteiger partial charge in [-0.15, -0.1) is 0 Å². The van der Waals surface area contributed by atoms with Crippen molar-refractivity contribution in [2.45, 2.75) is 361 Å². The predicted octanol–water partition coefficient (Wildman–Crippen LogP) is 19.0. The molecule has 2 unspecified atom stereocenters. The van der Waals surface area contributed by atoms with E-state index in [0.717, 1.165) is 96.3 Å². The fourth-order valence-electron chi connectivity index (χ4n) is 10.1. The van der Waals surface area contributed by atoms with E-state index in [0.29, 0.717) is 31.6 Å². The summed E-state index contributed by atoms with van der Waals surface area (Å²) in [6, 6.07) is 0. The van der Waals surface area contributed by atoms with E-state index in [2.05, 4.69) is 34.6 Å². The van der Waals surface area contributed by atoms with Gasteiger partial charge < -0.3 is 33.8 Å². The molecule has 17 nitrogen and oxygen atoms in total. The molecule has 510 valence electrons. The molecule has 0 rings (SSSR count). The summed E-state index contributed by atoms with van der Waals surface area (Å²) in [5, 5.41) is 10.5. The van der Waals surface area contributed by atoms with Crippen molar-refractivity contribution >= 4 is 39.5 Å². The molecule has 0 aromatic heterocycles. The fourth-order valence-corrected chi connectivity index (χ4v) is 11.7. The van der Waals surface area contributed by atoms with Crippen LogP contribution in [0.15, 0.2) is 0 Å². The van der Waals surface area contributed by atoms with E-state index in [9.17, 15) is 43.2 Å². The van der Waals surface area contributed by atoms with Crippen LogP contribution in [-0.2, 0) is 65.4 Å². The summed E-state index contributed by atoms with van der Waals surface area (Å²) >= 11 is 0. The van der Waals surface area contributed by atoms with Gasteiger partial charge in [-0.1, -0.05) is 291 Å². The third-order valence-corrected chi connectivity index (χ3v) is 17.4. The van der Waals surface area contributed by atoms with Crippen LogP contribution in [0, 0.1) is 5.92 Å². The van der Waals surface area contributed by atoms with E-state index in [4.69, 9.17) is 37.0 Å². The molecule has 0 aromatic carbocycles. The number of ether oxygens (including phenoxy) is 4. The molecule has 0 spiro atoms. The van der Waals surface area contributed by atoms with Crippen molar-refractivity contribution in [3.8, 4) is 0 Å². The molecule has 0 bridgehead atoms. The Morgan fingerprint density at radius 1 is 0.314 bits per heavy atom. The van der Waals surface area contributed by atoms with Crippen molar-refractivity contribution in [3.63, 3.8) is 0 Å². The van der Waals surface area contributed by atoms with Crippen LogP contribution >= 0.6 is 15.6 Å². The molecule has 19 heteroatoms. The standard InChI is InChI=1S/C67H130O17P2/c1-6-9-12-15-17-19-21-23-25-27-29-31-33-37-42-47-52-66(71)84-63(57-78-65(70)51-46-41-36-32-30-28-26-24-22-20-18-16-13-10-7-2)59-82-86(75,76)80-55-61(68)54-79-85(73,74)81-58-62(56-77-64(69)50-45-39-14-11-8-3)83-67(72)53-48-43-38-34-35-40-44-49-60(4)5/h60-63,68H,6-59H2,1-5H3,(H,73,74)(H,75,76)/t61-,62+,63+/m0/s1. The van der Waals surface area contributed by atoms with E-state index < -0.39 is 97.5 Å². The maximum Gasteiger partial charge on any atom is 0.472 e. The van der Waals surface area contributed by atoms with Crippen LogP contribution in [0.1, 0.15) is 343 Å². The first kappa shape index (κ1) is 84.1. The van der Waals surface area contributed by atoms with Crippen molar-refractivity contribution in [2.24, 2.45) is 5.92 Å². The van der Waals surface area contributed by atoms with Gasteiger partial charge in [0.05, 0.1) is 26.4 Å². The SMILES string of the molecule is CCCCCCCCCCCCCCCCCCC(=O)O[C@H](COC(=O)CCCCCCCCCCCCCCCCC)COP(=O)(O)OC[C@@H](O)COP(=O)(O)OC[C@@H](COC(=O)CCCCCCC)OC(=O)CCCCCCCCCC(C)C. The lowest BCUT2D eigenvalue weighted by atomic mass is 10.0. The van der Waals surface area contributed by atoms with E-state index in [1.165, 1.54) is 161 Å². The average molecular weight is 1270 g/mol. The zero-order valence-electron chi connectivity index (χ0n) is 55.4. The van der Waals surface area contributed by atoms with Gasteiger partial charge in [-0.3, -0.25) is 37.3 Å².